The van der Waals surface area contributed by atoms with Gasteiger partial charge in [-0.25, -0.2) is 4.79 Å². The Kier molecular flexibility index (Phi) is 6.20. The molecule has 0 radical (unpaired) electrons. The van der Waals surface area contributed by atoms with E-state index >= 15 is 0 Å². The maximum atomic E-state index is 12.8. The lowest BCUT2D eigenvalue weighted by molar-refractivity contribution is 0.102. The van der Waals surface area contributed by atoms with Gasteiger partial charge in [-0.05, 0) is 35.4 Å². The van der Waals surface area contributed by atoms with E-state index in [1.165, 1.54) is 6.20 Å². The molecular weight excluding hydrogens is 358 g/mol. The van der Waals surface area contributed by atoms with Gasteiger partial charge in [0, 0.05) is 12.7 Å². The van der Waals surface area contributed by atoms with E-state index in [1.54, 1.807) is 36.5 Å². The van der Waals surface area contributed by atoms with Crippen molar-refractivity contribution in [2.24, 2.45) is 0 Å². The van der Waals surface area contributed by atoms with E-state index in [4.69, 9.17) is 9.84 Å². The number of nitrogens with zero attached hydrogens (tertiary/aromatic N) is 1. The molecule has 0 unspecified atom stereocenters. The van der Waals surface area contributed by atoms with Crippen LogP contribution < -0.4 is 15.4 Å². The normalized spacial score (nSPS) is 10.1. The summed E-state index contributed by atoms with van der Waals surface area (Å²) in [5.74, 6) is 0.0394. The first-order valence-corrected chi connectivity index (χ1v) is 8.59. The Morgan fingerprint density at radius 2 is 1.82 bits per heavy atom. The van der Waals surface area contributed by atoms with Crippen LogP contribution in [0.2, 0.25) is 0 Å². The van der Waals surface area contributed by atoms with Crippen molar-refractivity contribution in [2.75, 3.05) is 5.32 Å². The molecule has 2 aromatic carbocycles. The number of aromatic nitrogens is 1. The van der Waals surface area contributed by atoms with E-state index in [0.29, 0.717) is 29.2 Å². The fraction of sp³-hybridized carbons (Fsp3) is 0.0952. The molecule has 0 spiro atoms. The van der Waals surface area contributed by atoms with Gasteiger partial charge in [0.05, 0.1) is 17.4 Å². The standard InChI is InChI=1S/C21H19N3O4/c25-20(24-17-7-4-10-22-13-17)18-11-16(12-23-21(26)27)8-9-19(18)28-14-15-5-2-1-3-6-15/h1-11,13,23H,12,14H2,(H,24,25)(H,26,27). The summed E-state index contributed by atoms with van der Waals surface area (Å²) in [6.07, 6.45) is 2.02. The molecule has 2 amide bonds. The van der Waals surface area contributed by atoms with E-state index < -0.39 is 6.09 Å². The largest absolute Gasteiger partial charge is 0.488 e. The van der Waals surface area contributed by atoms with Crippen molar-refractivity contribution < 1.29 is 19.4 Å². The van der Waals surface area contributed by atoms with Crippen molar-refractivity contribution >= 4 is 17.7 Å². The third-order valence-electron chi connectivity index (χ3n) is 3.89. The number of rotatable bonds is 7. The number of carbonyl (C=O) groups excluding carboxylic acids is 1. The molecule has 28 heavy (non-hydrogen) atoms. The molecule has 0 atom stereocenters. The monoisotopic (exact) mass is 377 g/mol. The number of ether oxygens (including phenoxy) is 1. The first-order chi connectivity index (χ1) is 13.6. The molecule has 1 aromatic heterocycles. The average Bonchev–Trinajstić information content (AvgIpc) is 2.72. The third-order valence-corrected chi connectivity index (χ3v) is 3.89. The molecule has 3 N–H and O–H groups in total. The smallest absolute Gasteiger partial charge is 0.404 e. The lowest BCUT2D eigenvalue weighted by atomic mass is 10.1. The number of anilines is 1. The first kappa shape index (κ1) is 18.9. The quantitative estimate of drug-likeness (QED) is 0.583. The minimum Gasteiger partial charge on any atom is -0.488 e. The van der Waals surface area contributed by atoms with Gasteiger partial charge in [-0.2, -0.15) is 0 Å². The van der Waals surface area contributed by atoms with E-state index in [9.17, 15) is 9.59 Å². The Hall–Kier alpha value is -3.87. The zero-order valence-electron chi connectivity index (χ0n) is 15.0. The van der Waals surface area contributed by atoms with Crippen LogP contribution in [-0.4, -0.2) is 22.1 Å². The molecule has 3 aromatic rings. The zero-order chi connectivity index (χ0) is 19.8. The third kappa shape index (κ3) is 5.31. The second kappa shape index (κ2) is 9.18. The highest BCUT2D eigenvalue weighted by Crippen LogP contribution is 2.23. The molecule has 1 heterocycles. The topological polar surface area (TPSA) is 101 Å². The van der Waals surface area contributed by atoms with Crippen LogP contribution in [0.15, 0.2) is 73.1 Å². The summed E-state index contributed by atoms with van der Waals surface area (Å²) in [7, 11) is 0. The molecule has 142 valence electrons. The molecule has 3 rings (SSSR count). The van der Waals surface area contributed by atoms with Gasteiger partial charge in [-0.3, -0.25) is 9.78 Å². The molecule has 0 fully saturated rings. The van der Waals surface area contributed by atoms with Crippen LogP contribution >= 0.6 is 0 Å². The predicted octanol–water partition coefficient (Wildman–Crippen LogP) is 3.68. The number of pyridine rings is 1. The molecule has 7 nitrogen and oxygen atoms in total. The second-order valence-electron chi connectivity index (χ2n) is 5.96. The fourth-order valence-electron chi connectivity index (χ4n) is 2.54. The lowest BCUT2D eigenvalue weighted by Gasteiger charge is -2.14. The minimum atomic E-state index is -1.13. The van der Waals surface area contributed by atoms with Crippen LogP contribution in [0.25, 0.3) is 0 Å². The van der Waals surface area contributed by atoms with Crippen LogP contribution in [0.3, 0.4) is 0 Å². The molecule has 0 aliphatic rings. The van der Waals surface area contributed by atoms with Gasteiger partial charge in [0.15, 0.2) is 0 Å². The second-order valence-corrected chi connectivity index (χ2v) is 5.96. The summed E-state index contributed by atoms with van der Waals surface area (Å²) in [4.78, 5) is 27.5. The maximum Gasteiger partial charge on any atom is 0.404 e. The lowest BCUT2D eigenvalue weighted by Crippen LogP contribution is -2.20. The van der Waals surface area contributed by atoms with Gasteiger partial charge < -0.3 is 20.5 Å². The number of carboxylic acid groups (broad SMARTS) is 1. The summed E-state index contributed by atoms with van der Waals surface area (Å²) in [5.41, 5.74) is 2.48. The van der Waals surface area contributed by atoms with Gasteiger partial charge >= 0.3 is 6.09 Å². The van der Waals surface area contributed by atoms with Crippen LogP contribution in [0.1, 0.15) is 21.5 Å². The number of carbonyl (C=O) groups is 2. The van der Waals surface area contributed by atoms with Gasteiger partial charge in [0.1, 0.15) is 12.4 Å². The number of amides is 2. The van der Waals surface area contributed by atoms with Gasteiger partial charge in [0.25, 0.3) is 5.91 Å². The van der Waals surface area contributed by atoms with Crippen molar-refractivity contribution in [1.29, 1.82) is 0 Å². The van der Waals surface area contributed by atoms with Gasteiger partial charge in [0.2, 0.25) is 0 Å². The summed E-state index contributed by atoms with van der Waals surface area (Å²) < 4.78 is 5.85. The average molecular weight is 377 g/mol. The Morgan fingerprint density at radius 3 is 2.54 bits per heavy atom. The Morgan fingerprint density at radius 1 is 1.00 bits per heavy atom. The van der Waals surface area contributed by atoms with E-state index in [2.05, 4.69) is 15.6 Å². The summed E-state index contributed by atoms with van der Waals surface area (Å²) >= 11 is 0. The van der Waals surface area contributed by atoms with E-state index in [-0.39, 0.29) is 12.5 Å². The molecule has 0 saturated carbocycles. The van der Waals surface area contributed by atoms with Crippen molar-refractivity contribution in [3.8, 4) is 5.75 Å². The highest BCUT2D eigenvalue weighted by atomic mass is 16.5. The SMILES string of the molecule is O=C(O)NCc1ccc(OCc2ccccc2)c(C(=O)Nc2cccnc2)c1. The minimum absolute atomic E-state index is 0.0848. The summed E-state index contributed by atoms with van der Waals surface area (Å²) in [6.45, 7) is 0.391. The number of hydrogen-bond acceptors (Lipinski definition) is 4. The Balaban J connectivity index is 1.82. The van der Waals surface area contributed by atoms with Crippen molar-refractivity contribution in [3.05, 3.63) is 89.7 Å². The summed E-state index contributed by atoms with van der Waals surface area (Å²) in [6, 6.07) is 18.0. The Labute approximate surface area is 162 Å². The first-order valence-electron chi connectivity index (χ1n) is 8.59. The number of benzene rings is 2. The van der Waals surface area contributed by atoms with Crippen LogP contribution in [0, 0.1) is 0 Å². The van der Waals surface area contributed by atoms with E-state index in [0.717, 1.165) is 5.56 Å². The van der Waals surface area contributed by atoms with Crippen LogP contribution in [-0.2, 0) is 13.2 Å². The molecule has 7 heteroatoms. The van der Waals surface area contributed by atoms with Crippen LogP contribution in [0.4, 0.5) is 10.5 Å². The molecular formula is C21H19N3O4. The zero-order valence-corrected chi connectivity index (χ0v) is 15.0. The molecule has 0 aliphatic heterocycles. The Bertz CT molecular complexity index is 946. The molecule has 0 bridgehead atoms. The number of hydrogen-bond donors (Lipinski definition) is 3. The predicted molar refractivity (Wildman–Crippen MR) is 104 cm³/mol. The van der Waals surface area contributed by atoms with Gasteiger partial charge in [-0.15, -0.1) is 0 Å². The van der Waals surface area contributed by atoms with Crippen molar-refractivity contribution in [3.63, 3.8) is 0 Å². The van der Waals surface area contributed by atoms with Crippen molar-refractivity contribution in [2.45, 2.75) is 13.2 Å². The van der Waals surface area contributed by atoms with Crippen molar-refractivity contribution in [1.82, 2.24) is 10.3 Å². The van der Waals surface area contributed by atoms with E-state index in [1.807, 2.05) is 30.3 Å². The highest BCUT2D eigenvalue weighted by Gasteiger charge is 2.15. The highest BCUT2D eigenvalue weighted by molar-refractivity contribution is 6.06. The molecule has 0 aliphatic carbocycles. The maximum absolute atomic E-state index is 12.8. The fourth-order valence-corrected chi connectivity index (χ4v) is 2.54. The molecule has 0 saturated heterocycles. The van der Waals surface area contributed by atoms with Gasteiger partial charge in [-0.1, -0.05) is 36.4 Å². The summed E-state index contributed by atoms with van der Waals surface area (Å²) in [5, 5.41) is 13.9. The van der Waals surface area contributed by atoms with Crippen LogP contribution in [0.5, 0.6) is 5.75 Å². The number of nitrogens with one attached hydrogen (secondary N) is 2.